The zero-order valence-electron chi connectivity index (χ0n) is 11.0. The zero-order chi connectivity index (χ0) is 13.1. The van der Waals surface area contributed by atoms with Gasteiger partial charge in [0.05, 0.1) is 5.60 Å². The first-order chi connectivity index (χ1) is 7.88. The highest BCUT2D eigenvalue weighted by Crippen LogP contribution is 2.18. The molecule has 0 aliphatic carbocycles. The topological polar surface area (TPSA) is 54.3 Å². The molecule has 1 amide bonds. The molecule has 0 aromatic carbocycles. The predicted molar refractivity (Wildman–Crippen MR) is 67.8 cm³/mol. The van der Waals surface area contributed by atoms with Crippen molar-refractivity contribution >= 4 is 5.91 Å². The second-order valence-corrected chi connectivity index (χ2v) is 4.85. The number of aromatic nitrogens is 1. The number of carbonyl (C=O) groups excluding carboxylic acids is 1. The lowest BCUT2D eigenvalue weighted by Crippen LogP contribution is -2.45. The molecule has 2 atom stereocenters. The van der Waals surface area contributed by atoms with Crippen LogP contribution >= 0.6 is 0 Å². The minimum Gasteiger partial charge on any atom is -0.388 e. The van der Waals surface area contributed by atoms with Gasteiger partial charge in [-0.2, -0.15) is 0 Å². The van der Waals surface area contributed by atoms with Crippen LogP contribution in [0.1, 0.15) is 37.7 Å². The number of nitrogens with zero attached hydrogens (tertiary/aromatic N) is 1. The second-order valence-electron chi connectivity index (χ2n) is 4.85. The number of hydrogen-bond acceptors (Lipinski definition) is 2. The van der Waals surface area contributed by atoms with Crippen molar-refractivity contribution in [3.05, 3.63) is 24.0 Å². The Balaban J connectivity index is 2.57. The molecular formula is C13H22N2O2. The summed E-state index contributed by atoms with van der Waals surface area (Å²) in [4.78, 5) is 11.8. The van der Waals surface area contributed by atoms with Gasteiger partial charge >= 0.3 is 0 Å². The Bertz CT molecular complexity index is 383. The van der Waals surface area contributed by atoms with Crippen molar-refractivity contribution in [2.75, 3.05) is 6.54 Å². The Kier molecular flexibility index (Phi) is 4.34. The third-order valence-electron chi connectivity index (χ3n) is 3.46. The van der Waals surface area contributed by atoms with E-state index in [1.807, 2.05) is 33.2 Å². The first-order valence-electron chi connectivity index (χ1n) is 6.00. The lowest BCUT2D eigenvalue weighted by atomic mass is 9.88. The van der Waals surface area contributed by atoms with E-state index in [9.17, 15) is 9.90 Å². The van der Waals surface area contributed by atoms with E-state index in [2.05, 4.69) is 5.32 Å². The van der Waals surface area contributed by atoms with E-state index in [4.69, 9.17) is 0 Å². The first kappa shape index (κ1) is 13.8. The fourth-order valence-electron chi connectivity index (χ4n) is 1.66. The smallest absolute Gasteiger partial charge is 0.267 e. The number of rotatable bonds is 5. The van der Waals surface area contributed by atoms with Crippen LogP contribution in [0.5, 0.6) is 0 Å². The fraction of sp³-hybridized carbons (Fsp3) is 0.615. The SMILES string of the molecule is CCC(C)C(C)(O)CNC(=O)c1cccn1C. The van der Waals surface area contributed by atoms with Crippen LogP contribution in [-0.2, 0) is 7.05 Å². The van der Waals surface area contributed by atoms with Crippen molar-refractivity contribution in [1.29, 1.82) is 0 Å². The Morgan fingerprint density at radius 3 is 2.76 bits per heavy atom. The minimum absolute atomic E-state index is 0.149. The lowest BCUT2D eigenvalue weighted by molar-refractivity contribution is 0.00585. The molecule has 4 heteroatoms. The first-order valence-corrected chi connectivity index (χ1v) is 6.00. The van der Waals surface area contributed by atoms with Crippen molar-refractivity contribution < 1.29 is 9.90 Å². The van der Waals surface area contributed by atoms with E-state index in [0.717, 1.165) is 6.42 Å². The number of hydrogen-bond donors (Lipinski definition) is 2. The molecule has 0 radical (unpaired) electrons. The summed E-state index contributed by atoms with van der Waals surface area (Å²) in [5, 5.41) is 12.9. The Morgan fingerprint density at radius 1 is 1.65 bits per heavy atom. The highest BCUT2D eigenvalue weighted by molar-refractivity contribution is 5.92. The van der Waals surface area contributed by atoms with Gasteiger partial charge in [0.25, 0.3) is 5.91 Å². The van der Waals surface area contributed by atoms with E-state index < -0.39 is 5.60 Å². The second kappa shape index (κ2) is 5.36. The molecule has 0 spiro atoms. The van der Waals surface area contributed by atoms with Gasteiger partial charge in [0.2, 0.25) is 0 Å². The molecule has 17 heavy (non-hydrogen) atoms. The van der Waals surface area contributed by atoms with Crippen LogP contribution < -0.4 is 5.32 Å². The molecule has 2 N–H and O–H groups in total. The summed E-state index contributed by atoms with van der Waals surface area (Å²) in [7, 11) is 1.82. The number of amides is 1. The molecule has 96 valence electrons. The number of carbonyl (C=O) groups is 1. The van der Waals surface area contributed by atoms with Gasteiger partial charge in [0.1, 0.15) is 5.69 Å². The quantitative estimate of drug-likeness (QED) is 0.817. The summed E-state index contributed by atoms with van der Waals surface area (Å²) < 4.78 is 1.76. The molecular weight excluding hydrogens is 216 g/mol. The molecule has 4 nitrogen and oxygen atoms in total. The molecule has 1 aromatic rings. The molecule has 0 aliphatic rings. The van der Waals surface area contributed by atoms with E-state index in [0.29, 0.717) is 5.69 Å². The van der Waals surface area contributed by atoms with Crippen LogP contribution in [0.15, 0.2) is 18.3 Å². The third-order valence-corrected chi connectivity index (χ3v) is 3.46. The highest BCUT2D eigenvalue weighted by atomic mass is 16.3. The third kappa shape index (κ3) is 3.33. The maximum Gasteiger partial charge on any atom is 0.267 e. The molecule has 1 aromatic heterocycles. The molecule has 0 saturated heterocycles. The average Bonchev–Trinajstić information content (AvgIpc) is 2.71. The highest BCUT2D eigenvalue weighted by Gasteiger charge is 2.27. The monoisotopic (exact) mass is 238 g/mol. The van der Waals surface area contributed by atoms with Crippen molar-refractivity contribution in [3.63, 3.8) is 0 Å². The van der Waals surface area contributed by atoms with Crippen LogP contribution in [-0.4, -0.2) is 27.7 Å². The van der Waals surface area contributed by atoms with Gasteiger partial charge in [-0.3, -0.25) is 4.79 Å². The maximum atomic E-state index is 11.8. The van der Waals surface area contributed by atoms with Crippen molar-refractivity contribution in [2.45, 2.75) is 32.8 Å². The van der Waals surface area contributed by atoms with Crippen LogP contribution in [0.3, 0.4) is 0 Å². The molecule has 1 heterocycles. The van der Waals surface area contributed by atoms with Gasteiger partial charge in [0.15, 0.2) is 0 Å². The molecule has 1 rings (SSSR count). The predicted octanol–water partition coefficient (Wildman–Crippen LogP) is 1.55. The lowest BCUT2D eigenvalue weighted by Gasteiger charge is -2.29. The summed E-state index contributed by atoms with van der Waals surface area (Å²) in [5.41, 5.74) is -0.264. The van der Waals surface area contributed by atoms with Crippen LogP contribution in [0.25, 0.3) is 0 Å². The summed E-state index contributed by atoms with van der Waals surface area (Å²) in [6, 6.07) is 3.58. The standard InChI is InChI=1S/C13H22N2O2/c1-5-10(2)13(3,17)9-14-12(16)11-7-6-8-15(11)4/h6-8,10,17H,5,9H2,1-4H3,(H,14,16). The Morgan fingerprint density at radius 2 is 2.29 bits per heavy atom. The number of aliphatic hydroxyl groups is 1. The van der Waals surface area contributed by atoms with E-state index in [1.165, 1.54) is 0 Å². The normalized spacial score (nSPS) is 16.3. The molecule has 0 bridgehead atoms. The van der Waals surface area contributed by atoms with Crippen LogP contribution in [0.4, 0.5) is 0 Å². The van der Waals surface area contributed by atoms with E-state index in [1.54, 1.807) is 17.6 Å². The number of aryl methyl sites for hydroxylation is 1. The molecule has 0 fully saturated rings. The number of nitrogens with one attached hydrogen (secondary N) is 1. The van der Waals surface area contributed by atoms with Gasteiger partial charge in [-0.1, -0.05) is 20.3 Å². The summed E-state index contributed by atoms with van der Waals surface area (Å²) in [5.74, 6) is -0.00251. The van der Waals surface area contributed by atoms with Gasteiger partial charge in [-0.15, -0.1) is 0 Å². The van der Waals surface area contributed by atoms with Crippen LogP contribution in [0, 0.1) is 5.92 Å². The van der Waals surface area contributed by atoms with Gasteiger partial charge in [-0.05, 0) is 25.0 Å². The Hall–Kier alpha value is -1.29. The average molecular weight is 238 g/mol. The van der Waals surface area contributed by atoms with E-state index in [-0.39, 0.29) is 18.4 Å². The summed E-state index contributed by atoms with van der Waals surface area (Å²) in [6.07, 6.45) is 2.70. The molecule has 0 aliphatic heterocycles. The summed E-state index contributed by atoms with van der Waals surface area (Å²) >= 11 is 0. The minimum atomic E-state index is -0.866. The van der Waals surface area contributed by atoms with Crippen molar-refractivity contribution in [3.8, 4) is 0 Å². The molecule has 0 saturated carbocycles. The molecule has 2 unspecified atom stereocenters. The zero-order valence-corrected chi connectivity index (χ0v) is 11.0. The Labute approximate surface area is 103 Å². The van der Waals surface area contributed by atoms with Crippen molar-refractivity contribution in [2.24, 2.45) is 13.0 Å². The summed E-state index contributed by atoms with van der Waals surface area (Å²) in [6.45, 7) is 6.03. The largest absolute Gasteiger partial charge is 0.388 e. The van der Waals surface area contributed by atoms with Gasteiger partial charge in [-0.25, -0.2) is 0 Å². The van der Waals surface area contributed by atoms with Gasteiger partial charge < -0.3 is 15.0 Å². The maximum absolute atomic E-state index is 11.8. The fourth-order valence-corrected chi connectivity index (χ4v) is 1.66. The van der Waals surface area contributed by atoms with Crippen molar-refractivity contribution in [1.82, 2.24) is 9.88 Å². The van der Waals surface area contributed by atoms with Crippen LogP contribution in [0.2, 0.25) is 0 Å². The van der Waals surface area contributed by atoms with Gasteiger partial charge in [0, 0.05) is 19.8 Å². The van der Waals surface area contributed by atoms with E-state index >= 15 is 0 Å².